The van der Waals surface area contributed by atoms with Crippen molar-refractivity contribution in [1.82, 2.24) is 24.5 Å². The highest BCUT2D eigenvalue weighted by molar-refractivity contribution is 7.92. The van der Waals surface area contributed by atoms with Crippen LogP contribution in [0.1, 0.15) is 37.9 Å². The fourth-order valence-corrected chi connectivity index (χ4v) is 5.98. The molecule has 0 saturated carbocycles. The van der Waals surface area contributed by atoms with Crippen molar-refractivity contribution in [1.29, 1.82) is 0 Å². The number of pyridine rings is 1. The molecule has 1 N–H and O–H groups in total. The van der Waals surface area contributed by atoms with E-state index in [2.05, 4.69) is 34.8 Å². The summed E-state index contributed by atoms with van der Waals surface area (Å²) in [4.78, 5) is 4.33. The lowest BCUT2D eigenvalue weighted by atomic mass is 9.92. The molecule has 5 rings (SSSR count). The third-order valence-corrected chi connectivity index (χ3v) is 7.38. The molecule has 3 aromatic rings. The zero-order valence-corrected chi connectivity index (χ0v) is 22.5. The van der Waals surface area contributed by atoms with Crippen LogP contribution < -0.4 is 9.46 Å². The molecule has 0 bridgehead atoms. The first-order chi connectivity index (χ1) is 17.7. The van der Waals surface area contributed by atoms with Gasteiger partial charge in [0.15, 0.2) is 0 Å². The number of anilines is 1. The molecule has 3 aromatic heterocycles. The Hall–Kier alpha value is -2.96. The van der Waals surface area contributed by atoms with Crippen LogP contribution in [0.5, 0.6) is 5.88 Å². The lowest BCUT2D eigenvalue weighted by Gasteiger charge is -2.31. The fraction of sp³-hybridized carbons (Fsp3) is 0.560. The topological polar surface area (TPSA) is 122 Å². The van der Waals surface area contributed by atoms with Crippen LogP contribution in [-0.4, -0.2) is 71.8 Å². The van der Waals surface area contributed by atoms with E-state index in [0.717, 1.165) is 54.6 Å². The molecule has 2 aliphatic heterocycles. The minimum absolute atomic E-state index is 0.189. The maximum Gasteiger partial charge on any atom is 0.238 e. The van der Waals surface area contributed by atoms with Gasteiger partial charge in [0.25, 0.3) is 0 Å². The highest BCUT2D eigenvalue weighted by Crippen LogP contribution is 2.32. The fourth-order valence-electron chi connectivity index (χ4n) is 5.43. The summed E-state index contributed by atoms with van der Waals surface area (Å²) in [7, 11) is -2.08. The van der Waals surface area contributed by atoms with Crippen LogP contribution in [0.4, 0.5) is 5.69 Å². The van der Waals surface area contributed by atoms with Gasteiger partial charge in [0.2, 0.25) is 15.9 Å². The number of ether oxygens (including phenoxy) is 3. The summed E-state index contributed by atoms with van der Waals surface area (Å²) in [6.45, 7) is 6.29. The Morgan fingerprint density at radius 3 is 2.65 bits per heavy atom. The van der Waals surface area contributed by atoms with Gasteiger partial charge in [-0.25, -0.2) is 18.1 Å². The molecule has 200 valence electrons. The van der Waals surface area contributed by atoms with Crippen LogP contribution in [0.2, 0.25) is 0 Å². The molecule has 0 spiro atoms. The molecule has 1 saturated heterocycles. The number of hydrogen-bond acceptors (Lipinski definition) is 8. The highest BCUT2D eigenvalue weighted by Gasteiger charge is 2.26. The zero-order valence-electron chi connectivity index (χ0n) is 21.7. The number of nitrogens with one attached hydrogen (secondary N) is 1. The lowest BCUT2D eigenvalue weighted by Crippen LogP contribution is -2.31. The highest BCUT2D eigenvalue weighted by atomic mass is 32.2. The minimum atomic E-state index is -3.52. The molecule has 1 unspecified atom stereocenters. The standard InChI is InChI=1S/C25H34N6O5S/c1-16-9-18(10-17(2)36-16)14-30-15-19(12-27-30)24-21-5-7-35-8-6-23(21)31(28-24)20-11-22(29-37(4,32)33)25(34-3)26-13-20/h11-13,15-18,29H,5-10,14H2,1-4H3/t16-,17+,18?. The average molecular weight is 531 g/mol. The Morgan fingerprint density at radius 1 is 1.16 bits per heavy atom. The van der Waals surface area contributed by atoms with E-state index < -0.39 is 10.0 Å². The van der Waals surface area contributed by atoms with Crippen molar-refractivity contribution in [2.24, 2.45) is 5.92 Å². The summed E-state index contributed by atoms with van der Waals surface area (Å²) >= 11 is 0. The van der Waals surface area contributed by atoms with E-state index in [1.807, 2.05) is 15.6 Å². The van der Waals surface area contributed by atoms with Crippen molar-refractivity contribution in [2.45, 2.75) is 58.3 Å². The quantitative estimate of drug-likeness (QED) is 0.495. The first-order valence-corrected chi connectivity index (χ1v) is 14.5. The number of nitrogens with zero attached hydrogens (tertiary/aromatic N) is 5. The second kappa shape index (κ2) is 10.4. The third-order valence-electron chi connectivity index (χ3n) is 6.79. The molecule has 0 aliphatic carbocycles. The Bertz CT molecular complexity index is 1360. The van der Waals surface area contributed by atoms with Gasteiger partial charge in [-0.05, 0) is 45.1 Å². The smallest absolute Gasteiger partial charge is 0.238 e. The summed E-state index contributed by atoms with van der Waals surface area (Å²) < 4.78 is 47.1. The van der Waals surface area contributed by atoms with E-state index in [1.165, 1.54) is 7.11 Å². The van der Waals surface area contributed by atoms with E-state index in [4.69, 9.17) is 19.3 Å². The Labute approximate surface area is 217 Å². The van der Waals surface area contributed by atoms with Gasteiger partial charge in [0, 0.05) is 30.3 Å². The second-order valence-corrected chi connectivity index (χ2v) is 11.7. The largest absolute Gasteiger partial charge is 0.479 e. The predicted octanol–water partition coefficient (Wildman–Crippen LogP) is 2.83. The van der Waals surface area contributed by atoms with Crippen LogP contribution >= 0.6 is 0 Å². The average Bonchev–Trinajstić information content (AvgIpc) is 3.34. The number of rotatable bonds is 7. The molecular formula is C25H34N6O5S. The van der Waals surface area contributed by atoms with Crippen LogP contribution in [-0.2, 0) is 38.9 Å². The summed E-state index contributed by atoms with van der Waals surface area (Å²) in [5, 5.41) is 9.64. The van der Waals surface area contributed by atoms with Gasteiger partial charge in [-0.2, -0.15) is 10.2 Å². The van der Waals surface area contributed by atoms with Crippen LogP contribution in [0.15, 0.2) is 24.7 Å². The van der Waals surface area contributed by atoms with Crippen molar-refractivity contribution in [3.8, 4) is 22.8 Å². The molecule has 5 heterocycles. The first-order valence-electron chi connectivity index (χ1n) is 12.6. The van der Waals surface area contributed by atoms with Gasteiger partial charge in [-0.15, -0.1) is 0 Å². The van der Waals surface area contributed by atoms with Crippen LogP contribution in [0.3, 0.4) is 0 Å². The van der Waals surface area contributed by atoms with Crippen molar-refractivity contribution >= 4 is 15.7 Å². The van der Waals surface area contributed by atoms with E-state index in [1.54, 1.807) is 12.3 Å². The normalized spacial score (nSPS) is 22.3. The summed E-state index contributed by atoms with van der Waals surface area (Å²) in [5.41, 5.74) is 4.82. The molecule has 11 nitrogen and oxygen atoms in total. The van der Waals surface area contributed by atoms with E-state index in [9.17, 15) is 8.42 Å². The maximum atomic E-state index is 11.9. The Kier molecular flexibility index (Phi) is 7.24. The van der Waals surface area contributed by atoms with Gasteiger partial charge in [-0.3, -0.25) is 9.40 Å². The molecular weight excluding hydrogens is 496 g/mol. The third kappa shape index (κ3) is 5.81. The Morgan fingerprint density at radius 2 is 1.92 bits per heavy atom. The zero-order chi connectivity index (χ0) is 26.2. The van der Waals surface area contributed by atoms with Crippen LogP contribution in [0.25, 0.3) is 16.9 Å². The summed E-state index contributed by atoms with van der Waals surface area (Å²) in [5.74, 6) is 0.703. The van der Waals surface area contributed by atoms with Crippen molar-refractivity contribution in [2.75, 3.05) is 31.3 Å². The van der Waals surface area contributed by atoms with Gasteiger partial charge >= 0.3 is 0 Å². The monoisotopic (exact) mass is 530 g/mol. The molecule has 37 heavy (non-hydrogen) atoms. The van der Waals surface area contributed by atoms with Crippen molar-refractivity contribution in [3.63, 3.8) is 0 Å². The maximum absolute atomic E-state index is 11.9. The van der Waals surface area contributed by atoms with E-state index in [0.29, 0.717) is 31.2 Å². The molecule has 0 radical (unpaired) electrons. The van der Waals surface area contributed by atoms with Gasteiger partial charge in [0.1, 0.15) is 5.69 Å². The number of fused-ring (bicyclic) bond motifs is 1. The molecule has 12 heteroatoms. The van der Waals surface area contributed by atoms with Gasteiger partial charge in [0.05, 0.1) is 68.3 Å². The van der Waals surface area contributed by atoms with Gasteiger partial charge < -0.3 is 14.2 Å². The molecule has 3 atom stereocenters. The second-order valence-electron chi connectivity index (χ2n) is 9.97. The molecule has 0 amide bonds. The van der Waals surface area contributed by atoms with Crippen molar-refractivity contribution in [3.05, 3.63) is 35.9 Å². The van der Waals surface area contributed by atoms with E-state index in [-0.39, 0.29) is 23.8 Å². The SMILES string of the molecule is COc1ncc(-n2nc(-c3cnn(CC4C[C@@H](C)O[C@@H](C)C4)c3)c3c2CCOCC3)cc1NS(C)(=O)=O. The molecule has 1 fully saturated rings. The first kappa shape index (κ1) is 25.7. The minimum Gasteiger partial charge on any atom is -0.479 e. The van der Waals surface area contributed by atoms with Crippen LogP contribution in [0, 0.1) is 5.92 Å². The van der Waals surface area contributed by atoms with Gasteiger partial charge in [-0.1, -0.05) is 0 Å². The number of methoxy groups -OCH3 is 1. The molecule has 2 aliphatic rings. The lowest BCUT2D eigenvalue weighted by molar-refractivity contribution is -0.0553. The summed E-state index contributed by atoms with van der Waals surface area (Å²) in [6, 6.07) is 1.69. The number of sulfonamides is 1. The Balaban J connectivity index is 1.50. The number of aromatic nitrogens is 5. The van der Waals surface area contributed by atoms with Crippen molar-refractivity contribution < 1.29 is 22.6 Å². The van der Waals surface area contributed by atoms with E-state index >= 15 is 0 Å². The number of hydrogen-bond donors (Lipinski definition) is 1. The molecule has 0 aromatic carbocycles. The summed E-state index contributed by atoms with van der Waals surface area (Å²) in [6.07, 6.45) is 10.6. The predicted molar refractivity (Wildman–Crippen MR) is 139 cm³/mol.